The summed E-state index contributed by atoms with van der Waals surface area (Å²) in [6.45, 7) is 0. The van der Waals surface area contributed by atoms with Gasteiger partial charge in [0.25, 0.3) is 0 Å². The third-order valence-electron chi connectivity index (χ3n) is 9.50. The maximum Gasteiger partial charge on any atom is 0.165 e. The fourth-order valence-corrected chi connectivity index (χ4v) is 8.48. The quantitative estimate of drug-likeness (QED) is 0.180. The van der Waals surface area contributed by atoms with Gasteiger partial charge < -0.3 is 0 Å². The highest BCUT2D eigenvalue weighted by molar-refractivity contribution is 7.26. The molecule has 0 fully saturated rings. The summed E-state index contributed by atoms with van der Waals surface area (Å²) in [5.41, 5.74) is 5.23. The molecule has 0 N–H and O–H groups in total. The summed E-state index contributed by atoms with van der Waals surface area (Å²) in [6.07, 6.45) is 0. The second-order valence-corrected chi connectivity index (χ2v) is 13.4. The molecular formula is C45H27N3S. The molecule has 0 aliphatic heterocycles. The van der Waals surface area contributed by atoms with E-state index in [1.54, 1.807) is 11.3 Å². The van der Waals surface area contributed by atoms with Gasteiger partial charge in [-0.1, -0.05) is 140 Å². The van der Waals surface area contributed by atoms with E-state index in [0.717, 1.165) is 33.2 Å². The highest BCUT2D eigenvalue weighted by Gasteiger charge is 2.20. The molecule has 8 aromatic carbocycles. The van der Waals surface area contributed by atoms with Crippen molar-refractivity contribution in [2.45, 2.75) is 0 Å². The van der Waals surface area contributed by atoms with Gasteiger partial charge in [0.2, 0.25) is 0 Å². The lowest BCUT2D eigenvalue weighted by atomic mass is 9.88. The molecule has 3 nitrogen and oxygen atoms in total. The van der Waals surface area contributed by atoms with Crippen molar-refractivity contribution in [1.82, 2.24) is 15.0 Å². The van der Waals surface area contributed by atoms with Gasteiger partial charge in [0.15, 0.2) is 17.5 Å². The molecule has 0 aliphatic rings. The molecule has 0 aliphatic carbocycles. The summed E-state index contributed by atoms with van der Waals surface area (Å²) < 4.78 is 2.43. The second-order valence-electron chi connectivity index (χ2n) is 12.4. The smallest absolute Gasteiger partial charge is 0.165 e. The molecule has 2 aromatic heterocycles. The van der Waals surface area contributed by atoms with Crippen molar-refractivity contribution in [2.75, 3.05) is 0 Å². The first kappa shape index (κ1) is 27.8. The number of fused-ring (bicyclic) bond motifs is 9. The van der Waals surface area contributed by atoms with Gasteiger partial charge in [0, 0.05) is 42.2 Å². The Morgan fingerprint density at radius 3 is 1.59 bits per heavy atom. The summed E-state index contributed by atoms with van der Waals surface area (Å²) >= 11 is 1.79. The van der Waals surface area contributed by atoms with Crippen LogP contribution in [0.3, 0.4) is 0 Å². The van der Waals surface area contributed by atoms with Crippen LogP contribution in [0.1, 0.15) is 0 Å². The Hall–Kier alpha value is -6.23. The van der Waals surface area contributed by atoms with Crippen molar-refractivity contribution in [3.63, 3.8) is 0 Å². The lowest BCUT2D eigenvalue weighted by molar-refractivity contribution is 1.08. The van der Waals surface area contributed by atoms with E-state index in [-0.39, 0.29) is 0 Å². The van der Waals surface area contributed by atoms with Crippen molar-refractivity contribution in [3.8, 4) is 45.3 Å². The first-order chi connectivity index (χ1) is 24.3. The Morgan fingerprint density at radius 2 is 0.857 bits per heavy atom. The van der Waals surface area contributed by atoms with E-state index >= 15 is 0 Å². The Bertz CT molecular complexity index is 2880. The van der Waals surface area contributed by atoms with Gasteiger partial charge in [-0.2, -0.15) is 0 Å². The zero-order chi connectivity index (χ0) is 32.3. The van der Waals surface area contributed by atoms with Gasteiger partial charge in [-0.05, 0) is 62.3 Å². The van der Waals surface area contributed by atoms with Crippen LogP contribution in [0.15, 0.2) is 164 Å². The molecule has 228 valence electrons. The number of hydrogen-bond acceptors (Lipinski definition) is 4. The lowest BCUT2D eigenvalue weighted by Gasteiger charge is -2.17. The maximum absolute atomic E-state index is 5.38. The van der Waals surface area contributed by atoms with Gasteiger partial charge in [-0.3, -0.25) is 0 Å². The summed E-state index contributed by atoms with van der Waals surface area (Å²) in [5, 5.41) is 9.64. The predicted molar refractivity (Wildman–Crippen MR) is 207 cm³/mol. The molecule has 0 radical (unpaired) electrons. The minimum atomic E-state index is 0.655. The lowest BCUT2D eigenvalue weighted by Crippen LogP contribution is -2.01. The van der Waals surface area contributed by atoms with Crippen LogP contribution in [0.2, 0.25) is 0 Å². The molecule has 0 spiro atoms. The average Bonchev–Trinajstić information content (AvgIpc) is 3.57. The minimum absolute atomic E-state index is 0.655. The standard InChI is InChI=1S/C45H27N3S/c1-3-14-28(15-4-1)30-26-38-33-20-8-7-18-31(33)32-19-9-10-22-35(32)41(38)39(27-30)45-47-43(29-16-5-2-6-17-29)46-44(48-45)37-24-13-23-36-34-21-11-12-25-40(34)49-42(36)37/h1-27H. The van der Waals surface area contributed by atoms with Gasteiger partial charge >= 0.3 is 0 Å². The van der Waals surface area contributed by atoms with Crippen LogP contribution in [0, 0.1) is 0 Å². The largest absolute Gasteiger partial charge is 0.208 e. The SMILES string of the molecule is c1ccc(-c2cc(-c3nc(-c4ccccc4)nc(-c4cccc5c4sc4ccccc45)n3)c3c4ccccc4c4ccccc4c3c2)cc1. The van der Waals surface area contributed by atoms with Crippen LogP contribution in [0.5, 0.6) is 0 Å². The van der Waals surface area contributed by atoms with Crippen molar-refractivity contribution in [2.24, 2.45) is 0 Å². The van der Waals surface area contributed by atoms with E-state index in [1.807, 2.05) is 18.2 Å². The first-order valence-corrected chi connectivity index (χ1v) is 17.3. The van der Waals surface area contributed by atoms with Gasteiger partial charge in [-0.15, -0.1) is 11.3 Å². The number of thiophene rings is 1. The molecule has 0 saturated carbocycles. The summed E-state index contributed by atoms with van der Waals surface area (Å²) in [6, 6.07) is 57.9. The Balaban J connectivity index is 1.35. The van der Waals surface area contributed by atoms with Crippen molar-refractivity contribution in [1.29, 1.82) is 0 Å². The monoisotopic (exact) mass is 641 g/mol. The Morgan fingerprint density at radius 1 is 0.327 bits per heavy atom. The van der Waals surface area contributed by atoms with E-state index in [0.29, 0.717) is 17.5 Å². The third-order valence-corrected chi connectivity index (χ3v) is 10.7. The minimum Gasteiger partial charge on any atom is -0.208 e. The number of nitrogens with zero attached hydrogens (tertiary/aromatic N) is 3. The highest BCUT2D eigenvalue weighted by atomic mass is 32.1. The van der Waals surface area contributed by atoms with Gasteiger partial charge in [0.1, 0.15) is 0 Å². The van der Waals surface area contributed by atoms with E-state index in [2.05, 4.69) is 146 Å². The molecule has 0 atom stereocenters. The molecule has 10 rings (SSSR count). The van der Waals surface area contributed by atoms with E-state index < -0.39 is 0 Å². The number of benzene rings is 8. The fourth-order valence-electron chi connectivity index (χ4n) is 7.26. The van der Waals surface area contributed by atoms with Crippen molar-refractivity contribution < 1.29 is 0 Å². The fraction of sp³-hybridized carbons (Fsp3) is 0. The molecule has 4 heteroatoms. The Labute approximate surface area is 286 Å². The van der Waals surface area contributed by atoms with Crippen LogP contribution in [-0.2, 0) is 0 Å². The van der Waals surface area contributed by atoms with Crippen molar-refractivity contribution in [3.05, 3.63) is 164 Å². The van der Waals surface area contributed by atoms with Crippen LogP contribution in [0.4, 0.5) is 0 Å². The predicted octanol–water partition coefficient (Wildman–Crippen LogP) is 12.4. The maximum atomic E-state index is 5.38. The summed E-state index contributed by atoms with van der Waals surface area (Å²) in [4.78, 5) is 15.8. The van der Waals surface area contributed by atoms with E-state index in [1.165, 1.54) is 47.1 Å². The highest BCUT2D eigenvalue weighted by Crippen LogP contribution is 2.44. The number of hydrogen-bond donors (Lipinski definition) is 0. The summed E-state index contributed by atoms with van der Waals surface area (Å²) in [7, 11) is 0. The van der Waals surface area contributed by atoms with Crippen LogP contribution >= 0.6 is 11.3 Å². The van der Waals surface area contributed by atoms with Crippen LogP contribution in [-0.4, -0.2) is 15.0 Å². The normalized spacial score (nSPS) is 11.7. The van der Waals surface area contributed by atoms with E-state index in [4.69, 9.17) is 15.0 Å². The Kier molecular flexibility index (Phi) is 6.36. The average molecular weight is 642 g/mol. The molecule has 0 unspecified atom stereocenters. The molecule has 0 saturated heterocycles. The van der Waals surface area contributed by atoms with Gasteiger partial charge in [0.05, 0.1) is 0 Å². The molecular weight excluding hydrogens is 615 g/mol. The molecule has 0 amide bonds. The third kappa shape index (κ3) is 4.53. The van der Waals surface area contributed by atoms with Crippen LogP contribution < -0.4 is 0 Å². The summed E-state index contributed by atoms with van der Waals surface area (Å²) in [5.74, 6) is 1.98. The number of aromatic nitrogens is 3. The topological polar surface area (TPSA) is 38.7 Å². The molecule has 2 heterocycles. The van der Waals surface area contributed by atoms with Gasteiger partial charge in [-0.25, -0.2) is 15.0 Å². The van der Waals surface area contributed by atoms with Crippen LogP contribution in [0.25, 0.3) is 97.8 Å². The second kappa shape index (κ2) is 11.2. The van der Waals surface area contributed by atoms with Crippen molar-refractivity contribution >= 4 is 63.8 Å². The molecule has 10 aromatic rings. The number of rotatable bonds is 4. The zero-order valence-corrected chi connectivity index (χ0v) is 27.2. The zero-order valence-electron chi connectivity index (χ0n) is 26.3. The van der Waals surface area contributed by atoms with E-state index in [9.17, 15) is 0 Å². The molecule has 49 heavy (non-hydrogen) atoms. The first-order valence-electron chi connectivity index (χ1n) is 16.5. The molecule has 0 bridgehead atoms.